The Bertz CT molecular complexity index is 462. The Morgan fingerprint density at radius 1 is 1.37 bits per heavy atom. The maximum atomic E-state index is 11.1. The van der Waals surface area contributed by atoms with Crippen LogP contribution in [0.4, 0.5) is 17.1 Å². The summed E-state index contributed by atoms with van der Waals surface area (Å²) in [5.74, 6) is -0.363. The van der Waals surface area contributed by atoms with Crippen molar-refractivity contribution in [3.8, 4) is 0 Å². The molecule has 0 spiro atoms. The van der Waals surface area contributed by atoms with Gasteiger partial charge in [0.1, 0.15) is 11.4 Å². The Morgan fingerprint density at radius 2 is 2.00 bits per heavy atom. The first-order valence-electron chi connectivity index (χ1n) is 5.92. The number of ether oxygens (including phenoxy) is 1. The van der Waals surface area contributed by atoms with Gasteiger partial charge in [0.2, 0.25) is 0 Å². The zero-order valence-electron chi connectivity index (χ0n) is 10.9. The molecule has 0 unspecified atom stereocenters. The van der Waals surface area contributed by atoms with Crippen LogP contribution in [0.5, 0.6) is 0 Å². The summed E-state index contributed by atoms with van der Waals surface area (Å²) in [6, 6.07) is 4.97. The molecule has 0 saturated heterocycles. The summed E-state index contributed by atoms with van der Waals surface area (Å²) < 4.78 is 4.50. The zero-order chi connectivity index (χ0) is 14.3. The minimum Gasteiger partial charge on any atom is -0.469 e. The molecule has 2 N–H and O–H groups in total. The number of benzene rings is 1. The third kappa shape index (κ3) is 4.13. The standard InChI is InChI=1S/C12H17N3O4/c1-3-13-9-5-4-6-10(12(9)15(17)18)14-8-7-11(16)19-2/h4-6,13-14H,3,7-8H2,1-2H3. The Balaban J connectivity index is 2.84. The van der Waals surface area contributed by atoms with Crippen molar-refractivity contribution in [1.82, 2.24) is 0 Å². The second-order valence-corrected chi connectivity index (χ2v) is 3.74. The third-order valence-corrected chi connectivity index (χ3v) is 2.46. The van der Waals surface area contributed by atoms with Crippen molar-refractivity contribution >= 4 is 23.0 Å². The van der Waals surface area contributed by atoms with Crippen LogP contribution in [0.2, 0.25) is 0 Å². The highest BCUT2D eigenvalue weighted by Crippen LogP contribution is 2.32. The predicted octanol–water partition coefficient (Wildman–Crippen LogP) is 2.00. The summed E-state index contributed by atoms with van der Waals surface area (Å²) in [5, 5.41) is 16.9. The van der Waals surface area contributed by atoms with E-state index in [-0.39, 0.29) is 24.6 Å². The van der Waals surface area contributed by atoms with Crippen molar-refractivity contribution in [2.24, 2.45) is 0 Å². The van der Waals surface area contributed by atoms with Crippen LogP contribution in [0.3, 0.4) is 0 Å². The topological polar surface area (TPSA) is 93.5 Å². The van der Waals surface area contributed by atoms with E-state index in [0.717, 1.165) is 0 Å². The van der Waals surface area contributed by atoms with E-state index in [0.29, 0.717) is 17.9 Å². The quantitative estimate of drug-likeness (QED) is 0.446. The molecule has 7 nitrogen and oxygen atoms in total. The van der Waals surface area contributed by atoms with Crippen molar-refractivity contribution in [3.63, 3.8) is 0 Å². The average molecular weight is 267 g/mol. The molecule has 0 radical (unpaired) electrons. The van der Waals surface area contributed by atoms with Gasteiger partial charge in [0.25, 0.3) is 0 Å². The molecule has 0 aliphatic carbocycles. The number of rotatable bonds is 7. The normalized spacial score (nSPS) is 9.79. The van der Waals surface area contributed by atoms with E-state index < -0.39 is 4.92 Å². The summed E-state index contributed by atoms with van der Waals surface area (Å²) in [6.07, 6.45) is 0.152. The van der Waals surface area contributed by atoms with E-state index in [1.165, 1.54) is 7.11 Å². The van der Waals surface area contributed by atoms with Gasteiger partial charge in [-0.25, -0.2) is 0 Å². The minimum absolute atomic E-state index is 0.0192. The SMILES string of the molecule is CCNc1cccc(NCCC(=O)OC)c1[N+](=O)[O-]. The fourth-order valence-electron chi connectivity index (χ4n) is 1.62. The first-order chi connectivity index (χ1) is 9.10. The number of nitro benzene ring substituents is 1. The van der Waals surface area contributed by atoms with Gasteiger partial charge in [-0.3, -0.25) is 14.9 Å². The van der Waals surface area contributed by atoms with E-state index in [1.54, 1.807) is 18.2 Å². The number of anilines is 2. The first-order valence-corrected chi connectivity index (χ1v) is 5.92. The molecule has 19 heavy (non-hydrogen) atoms. The number of hydrogen-bond donors (Lipinski definition) is 2. The van der Waals surface area contributed by atoms with Gasteiger partial charge in [0.05, 0.1) is 18.5 Å². The highest BCUT2D eigenvalue weighted by molar-refractivity contribution is 5.76. The van der Waals surface area contributed by atoms with Gasteiger partial charge < -0.3 is 15.4 Å². The van der Waals surface area contributed by atoms with Crippen molar-refractivity contribution in [2.75, 3.05) is 30.8 Å². The second-order valence-electron chi connectivity index (χ2n) is 3.74. The molecular formula is C12H17N3O4. The van der Waals surface area contributed by atoms with Crippen LogP contribution in [0.25, 0.3) is 0 Å². The van der Waals surface area contributed by atoms with Crippen LogP contribution in [0, 0.1) is 10.1 Å². The number of methoxy groups -OCH3 is 1. The molecule has 104 valence electrons. The van der Waals surface area contributed by atoms with E-state index in [4.69, 9.17) is 0 Å². The van der Waals surface area contributed by atoms with Gasteiger partial charge >= 0.3 is 11.7 Å². The second kappa shape index (κ2) is 7.20. The number of nitro groups is 1. The lowest BCUT2D eigenvalue weighted by atomic mass is 10.2. The Morgan fingerprint density at radius 3 is 2.53 bits per heavy atom. The van der Waals surface area contributed by atoms with Crippen LogP contribution >= 0.6 is 0 Å². The first kappa shape index (κ1) is 14.7. The van der Waals surface area contributed by atoms with Gasteiger partial charge in [0.15, 0.2) is 0 Å². The number of nitrogens with one attached hydrogen (secondary N) is 2. The molecule has 0 aliphatic heterocycles. The highest BCUT2D eigenvalue weighted by atomic mass is 16.6. The molecule has 0 saturated carbocycles. The van der Waals surface area contributed by atoms with Crippen LogP contribution in [-0.2, 0) is 9.53 Å². The number of para-hydroxylation sites is 1. The lowest BCUT2D eigenvalue weighted by molar-refractivity contribution is -0.383. The zero-order valence-corrected chi connectivity index (χ0v) is 10.9. The fraction of sp³-hybridized carbons (Fsp3) is 0.417. The molecule has 1 aromatic carbocycles. The van der Waals surface area contributed by atoms with Crippen molar-refractivity contribution in [2.45, 2.75) is 13.3 Å². The van der Waals surface area contributed by atoms with Crippen molar-refractivity contribution < 1.29 is 14.5 Å². The van der Waals surface area contributed by atoms with E-state index >= 15 is 0 Å². The smallest absolute Gasteiger partial charge is 0.315 e. The summed E-state index contributed by atoms with van der Waals surface area (Å²) in [7, 11) is 1.30. The van der Waals surface area contributed by atoms with Gasteiger partial charge in [-0.2, -0.15) is 0 Å². The van der Waals surface area contributed by atoms with Crippen molar-refractivity contribution in [3.05, 3.63) is 28.3 Å². The molecule has 1 aromatic rings. The van der Waals surface area contributed by atoms with Gasteiger partial charge in [-0.1, -0.05) is 6.07 Å². The molecule has 0 heterocycles. The molecule has 1 rings (SSSR count). The summed E-state index contributed by atoms with van der Waals surface area (Å²) >= 11 is 0. The molecule has 0 atom stereocenters. The van der Waals surface area contributed by atoms with Crippen molar-refractivity contribution in [1.29, 1.82) is 0 Å². The number of esters is 1. The van der Waals surface area contributed by atoms with Crippen LogP contribution in [0.1, 0.15) is 13.3 Å². The summed E-state index contributed by atoms with van der Waals surface area (Å²) in [6.45, 7) is 2.73. The maximum absolute atomic E-state index is 11.1. The minimum atomic E-state index is -0.446. The molecule has 0 amide bonds. The van der Waals surface area contributed by atoms with Gasteiger partial charge in [-0.05, 0) is 19.1 Å². The number of carbonyl (C=O) groups excluding carboxylic acids is 1. The van der Waals surface area contributed by atoms with E-state index in [1.807, 2.05) is 6.92 Å². The molecule has 0 aliphatic rings. The predicted molar refractivity (Wildman–Crippen MR) is 72.4 cm³/mol. The third-order valence-electron chi connectivity index (χ3n) is 2.46. The highest BCUT2D eigenvalue weighted by Gasteiger charge is 2.19. The van der Waals surface area contributed by atoms with Crippen LogP contribution < -0.4 is 10.6 Å². The summed E-state index contributed by atoms with van der Waals surface area (Å²) in [4.78, 5) is 21.6. The molecule has 7 heteroatoms. The molecular weight excluding hydrogens is 250 g/mol. The van der Waals surface area contributed by atoms with E-state index in [9.17, 15) is 14.9 Å². The average Bonchev–Trinajstić information content (AvgIpc) is 2.38. The number of hydrogen-bond acceptors (Lipinski definition) is 6. The molecule has 0 bridgehead atoms. The maximum Gasteiger partial charge on any atom is 0.315 e. The Kier molecular flexibility index (Phi) is 5.59. The Labute approximate surface area is 111 Å². The largest absolute Gasteiger partial charge is 0.469 e. The van der Waals surface area contributed by atoms with Crippen LogP contribution in [0.15, 0.2) is 18.2 Å². The Hall–Kier alpha value is -2.31. The van der Waals surface area contributed by atoms with Gasteiger partial charge in [-0.15, -0.1) is 0 Å². The number of nitrogens with zero attached hydrogens (tertiary/aromatic N) is 1. The summed E-state index contributed by atoms with van der Waals surface area (Å²) in [5.41, 5.74) is 0.817. The molecule has 0 fully saturated rings. The lowest BCUT2D eigenvalue weighted by Crippen LogP contribution is -2.11. The van der Waals surface area contributed by atoms with Gasteiger partial charge in [0, 0.05) is 13.1 Å². The number of carbonyl (C=O) groups is 1. The monoisotopic (exact) mass is 267 g/mol. The fourth-order valence-corrected chi connectivity index (χ4v) is 1.62. The molecule has 0 aromatic heterocycles. The van der Waals surface area contributed by atoms with E-state index in [2.05, 4.69) is 15.4 Å². The lowest BCUT2D eigenvalue weighted by Gasteiger charge is -2.10. The van der Waals surface area contributed by atoms with Crippen LogP contribution in [-0.4, -0.2) is 31.1 Å².